The van der Waals surface area contributed by atoms with E-state index in [1.54, 1.807) is 0 Å². The normalized spacial score (nSPS) is 36.7. The van der Waals surface area contributed by atoms with E-state index in [1.165, 1.54) is 0 Å². The molecule has 2 fully saturated rings. The number of esters is 2. The Morgan fingerprint density at radius 1 is 1.09 bits per heavy atom. The molecule has 1 aliphatic heterocycles. The quantitative estimate of drug-likeness (QED) is 0.384. The summed E-state index contributed by atoms with van der Waals surface area (Å²) in [5.74, 6) is -0.560. The molecule has 2 bridgehead atoms. The van der Waals surface area contributed by atoms with Crippen LogP contribution in [-0.4, -0.2) is 11.9 Å². The molecule has 0 aromatic rings. The molecule has 60 valence electrons. The lowest BCUT2D eigenvalue weighted by molar-refractivity contribution is -0.174. The number of fused-ring (bicyclic) bond motifs is 2. The third-order valence-electron chi connectivity index (χ3n) is 2.54. The number of rotatable bonds is 0. The second-order valence-corrected chi connectivity index (χ2v) is 3.30. The Morgan fingerprint density at radius 3 is 2.18 bits per heavy atom. The molecule has 3 nitrogen and oxygen atoms in total. The van der Waals surface area contributed by atoms with Gasteiger partial charge in [0.25, 0.3) is 0 Å². The Hall–Kier alpha value is -0.860. The Bertz CT molecular complexity index is 189. The first-order chi connectivity index (χ1) is 5.27. The van der Waals surface area contributed by atoms with Gasteiger partial charge in [-0.05, 0) is 19.3 Å². The molecular formula is C8H10O3. The van der Waals surface area contributed by atoms with Crippen molar-refractivity contribution in [3.05, 3.63) is 0 Å². The highest BCUT2D eigenvalue weighted by Gasteiger charge is 2.39. The Balaban J connectivity index is 2.17. The summed E-state index contributed by atoms with van der Waals surface area (Å²) in [6.07, 6.45) is 3.54. The number of ether oxygens (including phenoxy) is 1. The van der Waals surface area contributed by atoms with Gasteiger partial charge in [-0.1, -0.05) is 6.42 Å². The van der Waals surface area contributed by atoms with Crippen molar-refractivity contribution in [1.82, 2.24) is 0 Å². The molecule has 2 rings (SSSR count). The van der Waals surface area contributed by atoms with Crippen molar-refractivity contribution in [3.8, 4) is 0 Å². The fourth-order valence-corrected chi connectivity index (χ4v) is 1.88. The number of hydrogen-bond acceptors (Lipinski definition) is 3. The van der Waals surface area contributed by atoms with Crippen molar-refractivity contribution in [1.29, 1.82) is 0 Å². The third-order valence-corrected chi connectivity index (χ3v) is 2.54. The van der Waals surface area contributed by atoms with Gasteiger partial charge in [-0.25, -0.2) is 0 Å². The highest BCUT2D eigenvalue weighted by atomic mass is 16.6. The van der Waals surface area contributed by atoms with Crippen LogP contribution in [0.2, 0.25) is 0 Å². The number of carbonyl (C=O) groups is 2. The van der Waals surface area contributed by atoms with Crippen LogP contribution in [0.4, 0.5) is 0 Å². The van der Waals surface area contributed by atoms with Crippen LogP contribution in [0.1, 0.15) is 25.7 Å². The van der Waals surface area contributed by atoms with Gasteiger partial charge in [-0.3, -0.25) is 9.59 Å². The number of hydrogen-bond donors (Lipinski definition) is 0. The molecule has 0 radical (unpaired) electrons. The van der Waals surface area contributed by atoms with Crippen LogP contribution in [0.3, 0.4) is 0 Å². The van der Waals surface area contributed by atoms with Crippen molar-refractivity contribution < 1.29 is 14.3 Å². The fourth-order valence-electron chi connectivity index (χ4n) is 1.88. The average molecular weight is 154 g/mol. The van der Waals surface area contributed by atoms with Crippen LogP contribution < -0.4 is 0 Å². The fraction of sp³-hybridized carbons (Fsp3) is 0.750. The molecule has 0 spiro atoms. The lowest BCUT2D eigenvalue weighted by Gasteiger charge is -2.30. The minimum Gasteiger partial charge on any atom is -0.393 e. The summed E-state index contributed by atoms with van der Waals surface area (Å²) >= 11 is 0. The van der Waals surface area contributed by atoms with Gasteiger partial charge in [0.15, 0.2) is 0 Å². The highest BCUT2D eigenvalue weighted by Crippen LogP contribution is 2.34. The highest BCUT2D eigenvalue weighted by molar-refractivity contribution is 5.91. The van der Waals surface area contributed by atoms with Crippen LogP contribution in [0, 0.1) is 11.8 Å². The summed E-state index contributed by atoms with van der Waals surface area (Å²) in [5.41, 5.74) is 0. The van der Waals surface area contributed by atoms with E-state index < -0.39 is 0 Å². The maximum Gasteiger partial charge on any atom is 0.316 e. The first-order valence-electron chi connectivity index (χ1n) is 4.03. The topological polar surface area (TPSA) is 43.4 Å². The first-order valence-corrected chi connectivity index (χ1v) is 4.03. The molecule has 3 heteroatoms. The van der Waals surface area contributed by atoms with Crippen molar-refractivity contribution in [2.24, 2.45) is 11.8 Å². The second kappa shape index (κ2) is 2.32. The van der Waals surface area contributed by atoms with Crippen LogP contribution in [0.15, 0.2) is 0 Å². The second-order valence-electron chi connectivity index (χ2n) is 3.30. The maximum atomic E-state index is 11.0. The minimum atomic E-state index is -0.300. The molecule has 2 atom stereocenters. The Morgan fingerprint density at radius 2 is 1.64 bits per heavy atom. The zero-order chi connectivity index (χ0) is 7.84. The average Bonchev–Trinajstić information content (AvgIpc) is 2.02. The van der Waals surface area contributed by atoms with Gasteiger partial charge >= 0.3 is 11.9 Å². The van der Waals surface area contributed by atoms with E-state index in [1.807, 2.05) is 0 Å². The summed E-state index contributed by atoms with van der Waals surface area (Å²) < 4.78 is 4.58. The van der Waals surface area contributed by atoms with E-state index in [9.17, 15) is 9.59 Å². The van der Waals surface area contributed by atoms with E-state index in [4.69, 9.17) is 0 Å². The monoisotopic (exact) mass is 154 g/mol. The Kier molecular flexibility index (Phi) is 1.44. The molecule has 2 aliphatic rings. The van der Waals surface area contributed by atoms with E-state index in [0.29, 0.717) is 0 Å². The summed E-state index contributed by atoms with van der Waals surface area (Å²) in [4.78, 5) is 21.9. The summed E-state index contributed by atoms with van der Waals surface area (Å²) in [6, 6.07) is 0. The van der Waals surface area contributed by atoms with Crippen molar-refractivity contribution in [2.45, 2.75) is 25.7 Å². The van der Waals surface area contributed by atoms with E-state index in [2.05, 4.69) is 4.74 Å². The SMILES string of the molecule is O=C1OC(=O)[C@@H]2CCC[C@@H]1C2. The molecule has 1 saturated heterocycles. The molecule has 11 heavy (non-hydrogen) atoms. The van der Waals surface area contributed by atoms with Gasteiger partial charge in [0.1, 0.15) is 0 Å². The third kappa shape index (κ3) is 1.04. The lowest BCUT2D eigenvalue weighted by Crippen LogP contribution is -2.37. The zero-order valence-corrected chi connectivity index (χ0v) is 6.21. The molecule has 1 aliphatic carbocycles. The van der Waals surface area contributed by atoms with E-state index >= 15 is 0 Å². The van der Waals surface area contributed by atoms with Crippen LogP contribution >= 0.6 is 0 Å². The van der Waals surface area contributed by atoms with Crippen molar-refractivity contribution in [2.75, 3.05) is 0 Å². The predicted octanol–water partition coefficient (Wildman–Crippen LogP) is 0.876. The van der Waals surface area contributed by atoms with Crippen molar-refractivity contribution >= 4 is 11.9 Å². The largest absolute Gasteiger partial charge is 0.393 e. The minimum absolute atomic E-state index is 0.0199. The summed E-state index contributed by atoms with van der Waals surface area (Å²) in [7, 11) is 0. The van der Waals surface area contributed by atoms with Gasteiger partial charge < -0.3 is 4.74 Å². The van der Waals surface area contributed by atoms with Gasteiger partial charge in [-0.2, -0.15) is 0 Å². The van der Waals surface area contributed by atoms with Gasteiger partial charge in [0.2, 0.25) is 0 Å². The standard InChI is InChI=1S/C8H10O3/c9-7-5-2-1-3-6(4-5)8(10)11-7/h5-6H,1-4H2/t5-,6-/m1/s1. The molecule has 0 unspecified atom stereocenters. The molecule has 1 heterocycles. The van der Waals surface area contributed by atoms with E-state index in [-0.39, 0.29) is 23.8 Å². The molecule has 1 saturated carbocycles. The Labute approximate surface area is 64.7 Å². The first kappa shape index (κ1) is 6.83. The maximum absolute atomic E-state index is 11.0. The predicted molar refractivity (Wildman–Crippen MR) is 36.5 cm³/mol. The molecule has 0 aromatic heterocycles. The molecule has 0 amide bonds. The van der Waals surface area contributed by atoms with Crippen LogP contribution in [0.25, 0.3) is 0 Å². The molecular weight excluding hydrogens is 144 g/mol. The molecule has 0 aromatic carbocycles. The van der Waals surface area contributed by atoms with Crippen LogP contribution in [-0.2, 0) is 14.3 Å². The summed E-state index contributed by atoms with van der Waals surface area (Å²) in [5, 5.41) is 0. The smallest absolute Gasteiger partial charge is 0.316 e. The molecule has 0 N–H and O–H groups in total. The number of carbonyl (C=O) groups excluding carboxylic acids is 2. The van der Waals surface area contributed by atoms with Gasteiger partial charge in [0.05, 0.1) is 11.8 Å². The van der Waals surface area contributed by atoms with Gasteiger partial charge in [-0.15, -0.1) is 0 Å². The zero-order valence-electron chi connectivity index (χ0n) is 6.21. The van der Waals surface area contributed by atoms with Crippen molar-refractivity contribution in [3.63, 3.8) is 0 Å². The van der Waals surface area contributed by atoms with Crippen LogP contribution in [0.5, 0.6) is 0 Å². The number of cyclic esters (lactones) is 2. The van der Waals surface area contributed by atoms with E-state index in [0.717, 1.165) is 25.7 Å². The summed E-state index contributed by atoms with van der Waals surface area (Å²) in [6.45, 7) is 0. The van der Waals surface area contributed by atoms with Gasteiger partial charge in [0, 0.05) is 0 Å². The lowest BCUT2D eigenvalue weighted by atomic mass is 9.80.